The zero-order valence-electron chi connectivity index (χ0n) is 15.0. The summed E-state index contributed by atoms with van der Waals surface area (Å²) in [5, 5.41) is 15.3. The molecule has 0 bridgehead atoms. The Morgan fingerprint density at radius 2 is 2.04 bits per heavy atom. The summed E-state index contributed by atoms with van der Waals surface area (Å²) in [6.45, 7) is 2.19. The van der Waals surface area contributed by atoms with Gasteiger partial charge in [0.05, 0.1) is 19.9 Å². The molecular formula is C19H25N3O3. The van der Waals surface area contributed by atoms with Gasteiger partial charge < -0.3 is 20.1 Å². The summed E-state index contributed by atoms with van der Waals surface area (Å²) in [6, 6.07) is 7.35. The zero-order chi connectivity index (χ0) is 18.2. The van der Waals surface area contributed by atoms with E-state index in [1.165, 1.54) is 32.6 Å². The number of benzene rings is 1. The van der Waals surface area contributed by atoms with Crippen LogP contribution in [-0.2, 0) is 4.79 Å². The Kier molecular flexibility index (Phi) is 6.70. The van der Waals surface area contributed by atoms with Gasteiger partial charge in [0.2, 0.25) is 0 Å². The smallest absolute Gasteiger partial charge is 0.267 e. The number of nitrogens with zero attached hydrogens (tertiary/aromatic N) is 1. The summed E-state index contributed by atoms with van der Waals surface area (Å²) in [7, 11) is 3.06. The number of amides is 1. The van der Waals surface area contributed by atoms with Gasteiger partial charge in [-0.05, 0) is 30.9 Å². The van der Waals surface area contributed by atoms with Crippen LogP contribution in [0.25, 0.3) is 0 Å². The number of carbonyl (C=O) groups excluding carboxylic acids is 1. The molecule has 6 heteroatoms. The van der Waals surface area contributed by atoms with E-state index < -0.39 is 5.91 Å². The third-order valence-corrected chi connectivity index (χ3v) is 4.57. The predicted octanol–water partition coefficient (Wildman–Crippen LogP) is 3.22. The highest BCUT2D eigenvalue weighted by molar-refractivity contribution is 6.07. The molecule has 0 radical (unpaired) electrons. The topological polar surface area (TPSA) is 83.4 Å². The molecule has 2 rings (SSSR count). The maximum absolute atomic E-state index is 12.4. The molecule has 6 nitrogen and oxygen atoms in total. The van der Waals surface area contributed by atoms with Crippen molar-refractivity contribution >= 4 is 11.6 Å². The summed E-state index contributed by atoms with van der Waals surface area (Å²) in [5.74, 6) is 1.14. The van der Waals surface area contributed by atoms with Crippen LogP contribution in [0.15, 0.2) is 30.0 Å². The molecule has 0 spiro atoms. The molecule has 1 aromatic carbocycles. The first-order valence-electron chi connectivity index (χ1n) is 8.48. The lowest BCUT2D eigenvalue weighted by molar-refractivity contribution is -0.112. The van der Waals surface area contributed by atoms with E-state index in [-0.39, 0.29) is 5.57 Å². The van der Waals surface area contributed by atoms with Crippen molar-refractivity contribution in [1.29, 1.82) is 5.26 Å². The summed E-state index contributed by atoms with van der Waals surface area (Å²) in [5.41, 5.74) is 0.488. The normalized spacial score (nSPS) is 20.3. The molecule has 2 atom stereocenters. The molecule has 134 valence electrons. The van der Waals surface area contributed by atoms with Gasteiger partial charge in [-0.2, -0.15) is 5.26 Å². The fourth-order valence-corrected chi connectivity index (χ4v) is 3.00. The van der Waals surface area contributed by atoms with Crippen LogP contribution in [0.5, 0.6) is 11.5 Å². The van der Waals surface area contributed by atoms with Crippen molar-refractivity contribution in [2.24, 2.45) is 5.92 Å². The standard InChI is InChI=1S/C19H25N3O3/c1-13-6-4-5-7-16(13)21-12-14(11-20)19(23)22-17-10-15(24-2)8-9-18(17)25-3/h8-10,12-13,16,21H,4-7H2,1-3H3,(H,22,23)/b14-12-. The summed E-state index contributed by atoms with van der Waals surface area (Å²) in [4.78, 5) is 12.4. The third kappa shape index (κ3) is 4.90. The average Bonchev–Trinajstić information content (AvgIpc) is 2.63. The van der Waals surface area contributed by atoms with E-state index in [0.717, 1.165) is 6.42 Å². The van der Waals surface area contributed by atoms with E-state index >= 15 is 0 Å². The first kappa shape index (κ1) is 18.7. The van der Waals surface area contributed by atoms with Gasteiger partial charge in [0, 0.05) is 18.3 Å². The van der Waals surface area contributed by atoms with Crippen LogP contribution >= 0.6 is 0 Å². The largest absolute Gasteiger partial charge is 0.497 e. The summed E-state index contributed by atoms with van der Waals surface area (Å²) < 4.78 is 10.4. The van der Waals surface area contributed by atoms with E-state index in [0.29, 0.717) is 29.1 Å². The Bertz CT molecular complexity index is 679. The molecule has 0 aromatic heterocycles. The molecule has 25 heavy (non-hydrogen) atoms. The van der Waals surface area contributed by atoms with Crippen LogP contribution in [0.4, 0.5) is 5.69 Å². The molecule has 2 N–H and O–H groups in total. The van der Waals surface area contributed by atoms with E-state index in [4.69, 9.17) is 9.47 Å². The third-order valence-electron chi connectivity index (χ3n) is 4.57. The minimum absolute atomic E-state index is 0.0302. The quantitative estimate of drug-likeness (QED) is 0.612. The van der Waals surface area contributed by atoms with Crippen molar-refractivity contribution < 1.29 is 14.3 Å². The lowest BCUT2D eigenvalue weighted by Crippen LogP contribution is -2.34. The minimum atomic E-state index is -0.481. The van der Waals surface area contributed by atoms with Crippen molar-refractivity contribution in [1.82, 2.24) is 5.32 Å². The summed E-state index contributed by atoms with van der Waals surface area (Å²) in [6.07, 6.45) is 6.16. The van der Waals surface area contributed by atoms with Crippen molar-refractivity contribution in [3.05, 3.63) is 30.0 Å². The van der Waals surface area contributed by atoms with Crippen molar-refractivity contribution in [2.75, 3.05) is 19.5 Å². The van der Waals surface area contributed by atoms with Gasteiger partial charge in [-0.25, -0.2) is 0 Å². The fourth-order valence-electron chi connectivity index (χ4n) is 3.00. The van der Waals surface area contributed by atoms with E-state index in [2.05, 4.69) is 17.6 Å². The molecule has 1 fully saturated rings. The van der Waals surface area contributed by atoms with Crippen LogP contribution in [0.2, 0.25) is 0 Å². The second kappa shape index (κ2) is 8.97. The number of nitriles is 1. The zero-order valence-corrected chi connectivity index (χ0v) is 15.0. The molecule has 0 heterocycles. The number of hydrogen-bond donors (Lipinski definition) is 2. The number of ether oxygens (including phenoxy) is 2. The molecule has 2 unspecified atom stereocenters. The molecular weight excluding hydrogens is 318 g/mol. The molecule has 0 aliphatic heterocycles. The maximum atomic E-state index is 12.4. The SMILES string of the molecule is COc1ccc(OC)c(NC(=O)/C(C#N)=C\NC2CCCCC2C)c1. The average molecular weight is 343 g/mol. The Balaban J connectivity index is 2.09. The number of anilines is 1. The lowest BCUT2D eigenvalue weighted by Gasteiger charge is -2.29. The van der Waals surface area contributed by atoms with Gasteiger partial charge in [-0.15, -0.1) is 0 Å². The first-order valence-corrected chi connectivity index (χ1v) is 8.48. The van der Waals surface area contributed by atoms with Gasteiger partial charge >= 0.3 is 0 Å². The molecule has 1 aliphatic rings. The molecule has 1 aromatic rings. The van der Waals surface area contributed by atoms with Crippen LogP contribution in [0, 0.1) is 17.2 Å². The van der Waals surface area contributed by atoms with Crippen LogP contribution < -0.4 is 20.1 Å². The number of methoxy groups -OCH3 is 2. The molecule has 1 saturated carbocycles. The van der Waals surface area contributed by atoms with Crippen molar-refractivity contribution in [3.63, 3.8) is 0 Å². The fraction of sp³-hybridized carbons (Fsp3) is 0.474. The monoisotopic (exact) mass is 343 g/mol. The highest BCUT2D eigenvalue weighted by Crippen LogP contribution is 2.29. The molecule has 1 amide bonds. The van der Waals surface area contributed by atoms with Crippen LogP contribution in [0.3, 0.4) is 0 Å². The van der Waals surface area contributed by atoms with Gasteiger partial charge in [-0.1, -0.05) is 19.8 Å². The number of rotatable bonds is 6. The van der Waals surface area contributed by atoms with Gasteiger partial charge in [0.25, 0.3) is 5.91 Å². The van der Waals surface area contributed by atoms with Gasteiger partial charge in [-0.3, -0.25) is 4.79 Å². The van der Waals surface area contributed by atoms with Gasteiger partial charge in [0.15, 0.2) is 0 Å². The first-order chi connectivity index (χ1) is 12.1. The van der Waals surface area contributed by atoms with Crippen LogP contribution in [-0.4, -0.2) is 26.2 Å². The van der Waals surface area contributed by atoms with Gasteiger partial charge in [0.1, 0.15) is 23.1 Å². The van der Waals surface area contributed by atoms with E-state index in [9.17, 15) is 10.1 Å². The van der Waals surface area contributed by atoms with Crippen molar-refractivity contribution in [2.45, 2.75) is 38.6 Å². The number of nitrogens with one attached hydrogen (secondary N) is 2. The summed E-state index contributed by atoms with van der Waals surface area (Å²) >= 11 is 0. The van der Waals surface area contributed by atoms with E-state index in [1.54, 1.807) is 25.3 Å². The lowest BCUT2D eigenvalue weighted by atomic mass is 9.86. The Morgan fingerprint density at radius 1 is 1.28 bits per heavy atom. The molecule has 1 aliphatic carbocycles. The second-order valence-corrected chi connectivity index (χ2v) is 6.23. The maximum Gasteiger partial charge on any atom is 0.267 e. The minimum Gasteiger partial charge on any atom is -0.497 e. The van der Waals surface area contributed by atoms with E-state index in [1.807, 2.05) is 6.07 Å². The Hall–Kier alpha value is -2.68. The highest BCUT2D eigenvalue weighted by atomic mass is 16.5. The Morgan fingerprint density at radius 3 is 2.68 bits per heavy atom. The second-order valence-electron chi connectivity index (χ2n) is 6.23. The van der Waals surface area contributed by atoms with Crippen LogP contribution in [0.1, 0.15) is 32.6 Å². The Labute approximate surface area is 148 Å². The molecule has 0 saturated heterocycles. The number of hydrogen-bond acceptors (Lipinski definition) is 5. The predicted molar refractivity (Wildman–Crippen MR) is 96.4 cm³/mol. The number of carbonyl (C=O) groups is 1. The highest BCUT2D eigenvalue weighted by Gasteiger charge is 2.21. The van der Waals surface area contributed by atoms with Crippen molar-refractivity contribution in [3.8, 4) is 17.6 Å².